The van der Waals surface area contributed by atoms with Gasteiger partial charge in [0, 0.05) is 16.9 Å². The maximum Gasteiger partial charge on any atom is 0.126 e. The SMILES string of the molecule is CCCNC(c1ccc(C)c(C)c1OC)C1CCCCS1. The quantitative estimate of drug-likeness (QED) is 0.827. The largest absolute Gasteiger partial charge is 0.496 e. The maximum atomic E-state index is 5.76. The van der Waals surface area contributed by atoms with Crippen LogP contribution in [0.4, 0.5) is 0 Å². The number of benzene rings is 1. The van der Waals surface area contributed by atoms with E-state index in [0.29, 0.717) is 11.3 Å². The smallest absolute Gasteiger partial charge is 0.126 e. The Kier molecular flexibility index (Phi) is 6.43. The minimum absolute atomic E-state index is 0.407. The molecule has 1 aliphatic rings. The van der Waals surface area contributed by atoms with Gasteiger partial charge in [-0.1, -0.05) is 25.5 Å². The summed E-state index contributed by atoms with van der Waals surface area (Å²) < 4.78 is 5.76. The Morgan fingerprint density at radius 3 is 2.76 bits per heavy atom. The fourth-order valence-corrected chi connectivity index (χ4v) is 4.54. The van der Waals surface area contributed by atoms with Crippen LogP contribution in [0.25, 0.3) is 0 Å². The van der Waals surface area contributed by atoms with Gasteiger partial charge >= 0.3 is 0 Å². The highest BCUT2D eigenvalue weighted by Crippen LogP contribution is 2.39. The highest BCUT2D eigenvalue weighted by molar-refractivity contribution is 8.00. The summed E-state index contributed by atoms with van der Waals surface area (Å²) in [7, 11) is 1.80. The van der Waals surface area contributed by atoms with Crippen LogP contribution in [0.1, 0.15) is 55.3 Å². The summed E-state index contributed by atoms with van der Waals surface area (Å²) in [6, 6.07) is 4.91. The molecule has 1 aliphatic heterocycles. The van der Waals surface area contributed by atoms with Crippen molar-refractivity contribution in [3.05, 3.63) is 28.8 Å². The summed E-state index contributed by atoms with van der Waals surface area (Å²) in [6.45, 7) is 7.63. The summed E-state index contributed by atoms with van der Waals surface area (Å²) in [5.41, 5.74) is 3.92. The molecule has 0 spiro atoms. The molecule has 2 rings (SSSR count). The van der Waals surface area contributed by atoms with E-state index >= 15 is 0 Å². The third-order valence-electron chi connectivity index (χ3n) is 4.45. The van der Waals surface area contributed by atoms with E-state index in [1.807, 2.05) is 0 Å². The molecule has 3 heteroatoms. The number of hydrogen-bond donors (Lipinski definition) is 1. The van der Waals surface area contributed by atoms with Crippen molar-refractivity contribution in [1.82, 2.24) is 5.32 Å². The normalized spacial score (nSPS) is 20.3. The molecule has 2 atom stereocenters. The van der Waals surface area contributed by atoms with E-state index in [0.717, 1.165) is 12.3 Å². The Balaban J connectivity index is 2.33. The number of hydrogen-bond acceptors (Lipinski definition) is 3. The zero-order chi connectivity index (χ0) is 15.2. The van der Waals surface area contributed by atoms with E-state index in [2.05, 4.69) is 50.0 Å². The lowest BCUT2D eigenvalue weighted by molar-refractivity contribution is 0.390. The molecule has 1 fully saturated rings. The molecular weight excluding hydrogens is 278 g/mol. The average Bonchev–Trinajstić information content (AvgIpc) is 2.52. The molecule has 21 heavy (non-hydrogen) atoms. The summed E-state index contributed by atoms with van der Waals surface area (Å²) in [4.78, 5) is 0. The Labute approximate surface area is 134 Å². The van der Waals surface area contributed by atoms with Gasteiger partial charge in [-0.25, -0.2) is 0 Å². The molecule has 1 N–H and O–H groups in total. The van der Waals surface area contributed by atoms with Crippen molar-refractivity contribution in [1.29, 1.82) is 0 Å². The van der Waals surface area contributed by atoms with Gasteiger partial charge in [0.15, 0.2) is 0 Å². The van der Waals surface area contributed by atoms with Crippen molar-refractivity contribution in [2.75, 3.05) is 19.4 Å². The molecule has 1 saturated heterocycles. The number of ether oxygens (including phenoxy) is 1. The van der Waals surface area contributed by atoms with E-state index in [9.17, 15) is 0 Å². The molecule has 118 valence electrons. The minimum Gasteiger partial charge on any atom is -0.496 e. The lowest BCUT2D eigenvalue weighted by Crippen LogP contribution is -2.32. The molecule has 0 bridgehead atoms. The van der Waals surface area contributed by atoms with Crippen molar-refractivity contribution in [3.63, 3.8) is 0 Å². The fourth-order valence-electron chi connectivity index (χ4n) is 3.10. The first kappa shape index (κ1) is 16.7. The molecule has 2 unspecified atom stereocenters. The van der Waals surface area contributed by atoms with Gasteiger partial charge in [-0.2, -0.15) is 11.8 Å². The Bertz CT molecular complexity index is 455. The molecule has 0 radical (unpaired) electrons. The topological polar surface area (TPSA) is 21.3 Å². The van der Waals surface area contributed by atoms with Gasteiger partial charge in [0.2, 0.25) is 0 Å². The van der Waals surface area contributed by atoms with Gasteiger partial charge in [0.05, 0.1) is 7.11 Å². The van der Waals surface area contributed by atoms with Crippen molar-refractivity contribution in [3.8, 4) is 5.75 Å². The van der Waals surface area contributed by atoms with Crippen LogP contribution >= 0.6 is 11.8 Å². The summed E-state index contributed by atoms with van der Waals surface area (Å²) in [5, 5.41) is 4.44. The molecule has 0 amide bonds. The molecule has 1 heterocycles. The van der Waals surface area contributed by atoms with Gasteiger partial charge in [-0.05, 0) is 56.5 Å². The Hall–Kier alpha value is -0.670. The molecule has 1 aromatic rings. The van der Waals surface area contributed by atoms with E-state index in [-0.39, 0.29) is 0 Å². The third kappa shape index (κ3) is 3.95. The zero-order valence-corrected chi connectivity index (χ0v) is 14.7. The average molecular weight is 308 g/mol. The predicted molar refractivity (Wildman–Crippen MR) is 93.6 cm³/mol. The summed E-state index contributed by atoms with van der Waals surface area (Å²) >= 11 is 2.13. The maximum absolute atomic E-state index is 5.76. The monoisotopic (exact) mass is 307 g/mol. The Morgan fingerprint density at radius 1 is 1.33 bits per heavy atom. The number of rotatable bonds is 6. The van der Waals surface area contributed by atoms with Crippen LogP contribution in [-0.2, 0) is 0 Å². The van der Waals surface area contributed by atoms with E-state index in [1.54, 1.807) is 7.11 Å². The first-order chi connectivity index (χ1) is 10.2. The van der Waals surface area contributed by atoms with Crippen LogP contribution in [-0.4, -0.2) is 24.7 Å². The van der Waals surface area contributed by atoms with Crippen molar-refractivity contribution >= 4 is 11.8 Å². The molecule has 1 aromatic carbocycles. The van der Waals surface area contributed by atoms with Gasteiger partial charge in [-0.15, -0.1) is 0 Å². The minimum atomic E-state index is 0.407. The van der Waals surface area contributed by atoms with Gasteiger partial charge in [-0.3, -0.25) is 0 Å². The van der Waals surface area contributed by atoms with Gasteiger partial charge < -0.3 is 10.1 Å². The third-order valence-corrected chi connectivity index (χ3v) is 5.91. The van der Waals surface area contributed by atoms with Gasteiger partial charge in [0.1, 0.15) is 5.75 Å². The van der Waals surface area contributed by atoms with Crippen LogP contribution in [0.2, 0.25) is 0 Å². The number of thioether (sulfide) groups is 1. The highest BCUT2D eigenvalue weighted by atomic mass is 32.2. The van der Waals surface area contributed by atoms with Crippen LogP contribution in [0.3, 0.4) is 0 Å². The van der Waals surface area contributed by atoms with Crippen molar-refractivity contribution < 1.29 is 4.74 Å². The van der Waals surface area contributed by atoms with Gasteiger partial charge in [0.25, 0.3) is 0 Å². The number of aryl methyl sites for hydroxylation is 1. The lowest BCUT2D eigenvalue weighted by atomic mass is 9.94. The Morgan fingerprint density at radius 2 is 2.14 bits per heavy atom. The standard InChI is InChI=1S/C18H29NOS/c1-5-11-19-17(16-8-6-7-12-21-16)15-10-9-13(2)14(3)18(15)20-4/h9-10,16-17,19H,5-8,11-12H2,1-4H3. The second-order valence-corrected chi connectivity index (χ2v) is 7.31. The molecule has 0 aromatic heterocycles. The number of nitrogens with one attached hydrogen (secondary N) is 1. The lowest BCUT2D eigenvalue weighted by Gasteiger charge is -2.32. The predicted octanol–water partition coefficient (Wildman–Crippen LogP) is 4.64. The highest BCUT2D eigenvalue weighted by Gasteiger charge is 2.28. The van der Waals surface area contributed by atoms with Crippen LogP contribution in [0.5, 0.6) is 5.75 Å². The number of methoxy groups -OCH3 is 1. The van der Waals surface area contributed by atoms with E-state index < -0.39 is 0 Å². The summed E-state index contributed by atoms with van der Waals surface area (Å²) in [5.74, 6) is 2.37. The van der Waals surface area contributed by atoms with Crippen molar-refractivity contribution in [2.45, 2.75) is 57.7 Å². The second-order valence-electron chi connectivity index (χ2n) is 5.97. The molecular formula is C18H29NOS. The van der Waals surface area contributed by atoms with Crippen LogP contribution in [0, 0.1) is 13.8 Å². The van der Waals surface area contributed by atoms with E-state index in [1.165, 1.54) is 48.1 Å². The second kappa shape index (κ2) is 8.09. The van der Waals surface area contributed by atoms with Crippen molar-refractivity contribution in [2.24, 2.45) is 0 Å². The first-order valence-corrected chi connectivity index (χ1v) is 9.23. The van der Waals surface area contributed by atoms with Crippen LogP contribution < -0.4 is 10.1 Å². The van der Waals surface area contributed by atoms with Crippen LogP contribution in [0.15, 0.2) is 12.1 Å². The zero-order valence-electron chi connectivity index (χ0n) is 13.9. The fraction of sp³-hybridized carbons (Fsp3) is 0.667. The molecule has 0 aliphatic carbocycles. The first-order valence-electron chi connectivity index (χ1n) is 8.18. The molecule has 0 saturated carbocycles. The summed E-state index contributed by atoms with van der Waals surface area (Å²) in [6.07, 6.45) is 5.20. The molecule has 2 nitrogen and oxygen atoms in total. The van der Waals surface area contributed by atoms with E-state index in [4.69, 9.17) is 4.74 Å².